The zero-order valence-corrected chi connectivity index (χ0v) is 73.3. The minimum absolute atomic E-state index is 0.271. The number of benzene rings is 15. The van der Waals surface area contributed by atoms with Crippen LogP contribution in [0.5, 0.6) is 0 Å². The summed E-state index contributed by atoms with van der Waals surface area (Å²) in [5, 5.41) is 3.34. The molecule has 0 saturated heterocycles. The van der Waals surface area contributed by atoms with Gasteiger partial charge in [0.25, 0.3) is 5.91 Å². The molecule has 0 heterocycles. The quantitative estimate of drug-likeness (QED) is 0.0647. The summed E-state index contributed by atoms with van der Waals surface area (Å²) in [4.78, 5) is 31.3. The molecule has 15 aromatic rings. The van der Waals surface area contributed by atoms with E-state index in [9.17, 15) is 4.79 Å². The van der Waals surface area contributed by atoms with Crippen LogP contribution >= 0.6 is 30.1 Å². The van der Waals surface area contributed by atoms with Crippen molar-refractivity contribution < 1.29 is 14.3 Å². The third-order valence-electron chi connectivity index (χ3n) is 24.0. The van der Waals surface area contributed by atoms with Crippen molar-refractivity contribution in [1.29, 1.82) is 0 Å². The van der Waals surface area contributed by atoms with Gasteiger partial charge in [0.15, 0.2) is 0 Å². The predicted octanol–water partition coefficient (Wildman–Crippen LogP) is 30.3. The monoisotopic (exact) mass is 1650 g/mol. The average molecular weight is 1650 g/mol. The molecule has 0 radical (unpaired) electrons. The number of hydrogen-bond donors (Lipinski definition) is 1. The van der Waals surface area contributed by atoms with Crippen LogP contribution in [0.15, 0.2) is 273 Å². The summed E-state index contributed by atoms with van der Waals surface area (Å²) in [6.07, 6.45) is 0. The molecular formula is C111H100INO3S. The van der Waals surface area contributed by atoms with E-state index in [1.54, 1.807) is 0 Å². The van der Waals surface area contributed by atoms with Crippen molar-refractivity contribution in [3.8, 4) is 156 Å². The minimum Gasteiger partial charge on any atom is -0.467 e. The number of carbonyl (C=O) groups excluding carboxylic acids is 2. The Hall–Kier alpha value is -11.7. The molecule has 1 N–H and O–H groups in total. The van der Waals surface area contributed by atoms with E-state index in [1.807, 2.05) is 0 Å². The maximum absolute atomic E-state index is 17.0. The van der Waals surface area contributed by atoms with Gasteiger partial charge in [-0.25, -0.2) is 4.79 Å². The maximum atomic E-state index is 17.0. The summed E-state index contributed by atoms with van der Waals surface area (Å²) in [6, 6.07) is 100. The highest BCUT2D eigenvalue weighted by molar-refractivity contribution is 14.2. The van der Waals surface area contributed by atoms with Crippen LogP contribution in [0, 0.1) is 111 Å². The van der Waals surface area contributed by atoms with Gasteiger partial charge in [0.2, 0.25) is 0 Å². The van der Waals surface area contributed by atoms with Crippen LogP contribution in [-0.4, -0.2) is 30.8 Å². The third-order valence-corrected chi connectivity index (χ3v) is 25.6. The zero-order chi connectivity index (χ0) is 82.4. The molecule has 1 atom stereocenters. The van der Waals surface area contributed by atoms with Crippen molar-refractivity contribution in [2.75, 3.05) is 12.9 Å². The molecule has 0 aliphatic rings. The summed E-state index contributed by atoms with van der Waals surface area (Å²) in [5.41, 5.74) is 48.9. The van der Waals surface area contributed by atoms with Gasteiger partial charge in [-0.1, -0.05) is 173 Å². The fourth-order valence-corrected chi connectivity index (χ4v) is 20.0. The Morgan fingerprint density at radius 3 is 0.581 bits per heavy atom. The van der Waals surface area contributed by atoms with Gasteiger partial charge < -0.3 is 10.1 Å². The number of halogens is 1. The van der Waals surface area contributed by atoms with Crippen LogP contribution in [0.1, 0.15) is 99.4 Å². The molecule has 15 rings (SSSR count). The van der Waals surface area contributed by atoms with Gasteiger partial charge in [-0.05, 0) is 486 Å². The summed E-state index contributed by atoms with van der Waals surface area (Å²) >= 11 is 2.21. The first-order valence-electron chi connectivity index (χ1n) is 40.5. The predicted molar refractivity (Wildman–Crippen MR) is 508 cm³/mol. The van der Waals surface area contributed by atoms with Crippen LogP contribution in [0.3, 0.4) is 0 Å². The van der Waals surface area contributed by atoms with Gasteiger partial charge in [-0.2, -0.15) is 0 Å². The zero-order valence-electron chi connectivity index (χ0n) is 70.3. The number of rotatable bonds is 19. The number of nitrogens with one attached hydrogen (secondary N) is 1. The first-order chi connectivity index (χ1) is 56.3. The Balaban J connectivity index is 1.08. The molecule has 4 nitrogen and oxygen atoms in total. The number of methoxy groups -OCH3 is 1. The van der Waals surface area contributed by atoms with Gasteiger partial charge >= 0.3 is 5.97 Å². The number of ether oxygens (including phenoxy) is 1. The second-order valence-corrected chi connectivity index (χ2v) is 34.9. The number of amides is 1. The number of carbonyl (C=O) groups is 2. The van der Waals surface area contributed by atoms with Gasteiger partial charge in [-0.15, -0.1) is 0 Å². The lowest BCUT2D eigenvalue weighted by atomic mass is 9.83. The summed E-state index contributed by atoms with van der Waals surface area (Å²) in [5.74, 6) is -0.667. The third kappa shape index (κ3) is 16.2. The van der Waals surface area contributed by atoms with Crippen molar-refractivity contribution in [3.63, 3.8) is 0 Å². The minimum atomic E-state index is -0.993. The standard InChI is InChI=1S/C111H100INO3S/c1-64-27-18-28-65(2)101(64)90-51-84(52-91(59-90)102-66(3)29-19-30-67(102)4)80-45-81(85-53-92(103-68(5)31-20-32-69(103)6)60-93(54-85)104-70(7)33-21-34-71(104)8)48-88(47-80)98-43-26-44-99(109(98)110(114)113-100(63-117-112)111(115)116-17)89-49-82(86-55-94(105-72(9)35-22-36-73(105)10)61-95(56-86)106-74(11)37-23-38-75(106)12)46-83(50-89)87-57-96(107-76(13)39-24-40-77(107)14)62-97(58-87)108-78(15)41-25-42-79(108)16/h18-62,100H,63H2,1-17H3,(H,113,114)/t100-/m0/s1. The SMILES string of the molecule is COC(=O)[C@H](CSI)NC(=O)c1c(-c2cc(-c3cc(-c4c(C)cccc4C)cc(-c4c(C)cccc4C)c3)cc(-c3cc(-c4c(C)cccc4C)cc(-c4c(C)cccc4C)c3)c2)cccc1-c1cc(-c2cc(-c3c(C)cccc3C)cc(-c3c(C)cccc3C)c2)cc(-c2cc(-c3c(C)cccc3C)cc(-c3c(C)cccc3C)c2)c1. The van der Waals surface area contributed by atoms with Crippen LogP contribution in [0.2, 0.25) is 0 Å². The van der Waals surface area contributed by atoms with Gasteiger partial charge in [0.05, 0.1) is 12.7 Å². The van der Waals surface area contributed by atoms with Crippen molar-refractivity contribution in [3.05, 3.63) is 368 Å². The molecule has 0 aliphatic carbocycles. The molecule has 0 saturated carbocycles. The van der Waals surface area contributed by atoms with Crippen molar-refractivity contribution in [2.24, 2.45) is 0 Å². The van der Waals surface area contributed by atoms with E-state index in [4.69, 9.17) is 4.74 Å². The van der Waals surface area contributed by atoms with Gasteiger partial charge in [0.1, 0.15) is 6.04 Å². The second-order valence-electron chi connectivity index (χ2n) is 32.5. The molecule has 0 unspecified atom stereocenters. The molecule has 6 heteroatoms. The Morgan fingerprint density at radius 2 is 0.410 bits per heavy atom. The number of aryl methyl sites for hydroxylation is 16. The Kier molecular flexibility index (Phi) is 23.3. The summed E-state index contributed by atoms with van der Waals surface area (Å²) in [6.45, 7) is 35.4. The van der Waals surface area contributed by atoms with Crippen molar-refractivity contribution in [2.45, 2.75) is 117 Å². The molecule has 580 valence electrons. The first-order valence-corrected chi connectivity index (χ1v) is 44.1. The van der Waals surface area contributed by atoms with E-state index in [-0.39, 0.29) is 5.75 Å². The normalized spacial score (nSPS) is 11.6. The lowest BCUT2D eigenvalue weighted by Gasteiger charge is -2.22. The molecule has 15 aromatic carbocycles. The van der Waals surface area contributed by atoms with Crippen LogP contribution < -0.4 is 5.32 Å². The van der Waals surface area contributed by atoms with E-state index in [1.165, 1.54) is 150 Å². The maximum Gasteiger partial charge on any atom is 0.329 e. The fraction of sp³-hybridized carbons (Fsp3) is 0.171. The Morgan fingerprint density at radius 1 is 0.256 bits per heavy atom. The van der Waals surface area contributed by atoms with Crippen molar-refractivity contribution >= 4 is 42.0 Å². The lowest BCUT2D eigenvalue weighted by Crippen LogP contribution is -2.43. The largest absolute Gasteiger partial charge is 0.467 e. The molecule has 0 aromatic heterocycles. The van der Waals surface area contributed by atoms with E-state index >= 15 is 4.79 Å². The van der Waals surface area contributed by atoms with Crippen molar-refractivity contribution in [1.82, 2.24) is 5.32 Å². The van der Waals surface area contributed by atoms with Crippen LogP contribution in [0.25, 0.3) is 156 Å². The molecular weight excluding hydrogens is 1550 g/mol. The molecule has 1 amide bonds. The lowest BCUT2D eigenvalue weighted by molar-refractivity contribution is -0.142. The summed E-state index contributed by atoms with van der Waals surface area (Å²) < 4.78 is 5.57. The van der Waals surface area contributed by atoms with E-state index in [2.05, 4.69) is 410 Å². The van der Waals surface area contributed by atoms with Gasteiger partial charge in [0, 0.05) is 5.75 Å². The molecule has 0 bridgehead atoms. The van der Waals surface area contributed by atoms with Crippen LogP contribution in [-0.2, 0) is 9.53 Å². The number of esters is 1. The van der Waals surface area contributed by atoms with E-state index in [0.29, 0.717) is 16.7 Å². The topological polar surface area (TPSA) is 55.4 Å². The fourth-order valence-electron chi connectivity index (χ4n) is 18.6. The molecule has 117 heavy (non-hydrogen) atoms. The Bertz CT molecular complexity index is 5340. The molecule has 0 aliphatic heterocycles. The van der Waals surface area contributed by atoms with E-state index < -0.39 is 17.9 Å². The smallest absolute Gasteiger partial charge is 0.329 e. The second kappa shape index (κ2) is 33.9. The first kappa shape index (κ1) is 80.5. The molecule has 0 fully saturated rings. The van der Waals surface area contributed by atoms with E-state index in [0.717, 1.165) is 100 Å². The average Bonchev–Trinajstić information content (AvgIpc) is 0.753. The Labute approximate surface area is 709 Å². The highest BCUT2D eigenvalue weighted by Crippen LogP contribution is 2.48. The van der Waals surface area contributed by atoms with Gasteiger partial charge in [-0.3, -0.25) is 4.79 Å². The number of hydrogen-bond acceptors (Lipinski definition) is 4. The highest BCUT2D eigenvalue weighted by atomic mass is 127. The highest BCUT2D eigenvalue weighted by Gasteiger charge is 2.29. The summed E-state index contributed by atoms with van der Waals surface area (Å²) in [7, 11) is 2.85. The molecule has 0 spiro atoms. The van der Waals surface area contributed by atoms with Crippen LogP contribution in [0.4, 0.5) is 0 Å².